The maximum Gasteiger partial charge on any atom is 0.434 e. The lowest BCUT2D eigenvalue weighted by atomic mass is 10.1. The zero-order chi connectivity index (χ0) is 22.4. The number of nitrogens with one attached hydrogen (secondary N) is 3. The normalized spacial score (nSPS) is 15.1. The summed E-state index contributed by atoms with van der Waals surface area (Å²) in [4.78, 5) is 10.7. The Bertz CT molecular complexity index is 1200. The lowest BCUT2D eigenvalue weighted by Crippen LogP contribution is -2.15. The van der Waals surface area contributed by atoms with E-state index in [1.54, 1.807) is 6.92 Å². The molecule has 0 spiro atoms. The summed E-state index contributed by atoms with van der Waals surface area (Å²) in [6.07, 6.45) is -3.40. The quantitative estimate of drug-likeness (QED) is 0.417. The number of hydrogen-bond donors (Lipinski definition) is 3. The Hall–Kier alpha value is -2.18. The van der Waals surface area contributed by atoms with Crippen LogP contribution >= 0.6 is 22.9 Å². The summed E-state index contributed by atoms with van der Waals surface area (Å²) in [6.45, 7) is 2.88. The second-order valence-electron chi connectivity index (χ2n) is 6.57. The first-order valence-electron chi connectivity index (χ1n) is 8.33. The van der Waals surface area contributed by atoms with Crippen molar-refractivity contribution in [2.24, 2.45) is 0 Å². The minimum Gasteiger partial charge on any atom is -0.348 e. The Morgan fingerprint density at radius 3 is 2.47 bits per heavy atom. The Morgan fingerprint density at radius 1 is 1.30 bits per heavy atom. The Kier molecular flexibility index (Phi) is 5.87. The van der Waals surface area contributed by atoms with Gasteiger partial charge in [0.15, 0.2) is 15.9 Å². The average molecular weight is 482 g/mol. The van der Waals surface area contributed by atoms with Crippen molar-refractivity contribution in [3.05, 3.63) is 56.7 Å². The van der Waals surface area contributed by atoms with Crippen LogP contribution in [0.25, 0.3) is 0 Å². The van der Waals surface area contributed by atoms with E-state index in [2.05, 4.69) is 20.3 Å². The van der Waals surface area contributed by atoms with Gasteiger partial charge in [-0.1, -0.05) is 17.7 Å². The Labute approximate surface area is 178 Å². The summed E-state index contributed by atoms with van der Waals surface area (Å²) >= 11 is 6.67. The van der Waals surface area contributed by atoms with Gasteiger partial charge in [-0.25, -0.2) is 23.3 Å². The molecule has 2 aromatic heterocycles. The molecule has 1 aromatic carbocycles. The third-order valence-corrected chi connectivity index (χ3v) is 6.44. The second kappa shape index (κ2) is 7.82. The fraction of sp³-hybridized carbons (Fsp3) is 0.294. The second-order valence-corrected chi connectivity index (χ2v) is 10.3. The maximum atomic E-state index is 13.6. The number of anilines is 1. The van der Waals surface area contributed by atoms with E-state index in [9.17, 15) is 21.8 Å². The van der Waals surface area contributed by atoms with Crippen LogP contribution in [0, 0.1) is 24.4 Å². The highest BCUT2D eigenvalue weighted by Crippen LogP contribution is 2.37. The molecular weight excluding hydrogens is 466 g/mol. The SMILES string of the molecule is Cc1[nH]c(C(Nc2nc(C(F)(F)F)c(C)s2)c2ccc(F)c(Cl)c2)nc1S(C)(=N)=O. The number of aromatic nitrogens is 3. The van der Waals surface area contributed by atoms with Gasteiger partial charge in [0.05, 0.1) is 14.8 Å². The number of rotatable bonds is 5. The summed E-state index contributed by atoms with van der Waals surface area (Å²) in [5, 5.41) is 2.66. The molecule has 0 saturated carbocycles. The summed E-state index contributed by atoms with van der Waals surface area (Å²) in [5.41, 5.74) is -0.251. The monoisotopic (exact) mass is 481 g/mol. The number of hydrogen-bond acceptors (Lipinski definition) is 6. The minimum absolute atomic E-state index is 0.0174. The van der Waals surface area contributed by atoms with E-state index < -0.39 is 33.5 Å². The number of halogens is 5. The van der Waals surface area contributed by atoms with Crippen LogP contribution in [-0.2, 0) is 15.9 Å². The molecule has 30 heavy (non-hydrogen) atoms. The van der Waals surface area contributed by atoms with Gasteiger partial charge in [0.25, 0.3) is 0 Å². The van der Waals surface area contributed by atoms with Crippen LogP contribution in [0.15, 0.2) is 23.2 Å². The maximum absolute atomic E-state index is 13.6. The van der Waals surface area contributed by atoms with E-state index in [1.165, 1.54) is 25.3 Å². The molecule has 2 unspecified atom stereocenters. The molecule has 0 aliphatic rings. The number of alkyl halides is 3. The zero-order valence-corrected chi connectivity index (χ0v) is 18.2. The van der Waals surface area contributed by atoms with Crippen LogP contribution in [0.3, 0.4) is 0 Å². The van der Waals surface area contributed by atoms with Gasteiger partial charge >= 0.3 is 6.18 Å². The highest BCUT2D eigenvalue weighted by molar-refractivity contribution is 7.91. The van der Waals surface area contributed by atoms with E-state index in [0.717, 1.165) is 17.4 Å². The molecule has 0 aliphatic carbocycles. The number of H-pyrrole nitrogens is 1. The van der Waals surface area contributed by atoms with Crippen molar-refractivity contribution in [2.75, 3.05) is 11.6 Å². The highest BCUT2D eigenvalue weighted by Gasteiger charge is 2.36. The first kappa shape index (κ1) is 22.5. The summed E-state index contributed by atoms with van der Waals surface area (Å²) in [7, 11) is -3.16. The fourth-order valence-corrected chi connectivity index (χ4v) is 4.79. The van der Waals surface area contributed by atoms with Crippen LogP contribution < -0.4 is 5.32 Å². The predicted octanol–water partition coefficient (Wildman–Crippen LogP) is 5.53. The summed E-state index contributed by atoms with van der Waals surface area (Å²) in [5.74, 6) is -0.490. The Morgan fingerprint density at radius 2 is 1.97 bits per heavy atom. The molecule has 3 aromatic rings. The van der Waals surface area contributed by atoms with Crippen molar-refractivity contribution < 1.29 is 21.8 Å². The molecule has 3 N–H and O–H groups in total. The summed E-state index contributed by atoms with van der Waals surface area (Å²) in [6, 6.07) is 2.90. The van der Waals surface area contributed by atoms with Crippen molar-refractivity contribution in [1.29, 1.82) is 4.78 Å². The van der Waals surface area contributed by atoms with Crippen LogP contribution in [0.4, 0.5) is 22.7 Å². The van der Waals surface area contributed by atoms with Gasteiger partial charge in [-0.05, 0) is 31.5 Å². The van der Waals surface area contributed by atoms with Crippen LogP contribution in [-0.4, -0.2) is 25.4 Å². The number of aryl methyl sites for hydroxylation is 2. The molecule has 0 saturated heterocycles. The topological polar surface area (TPSA) is 94.5 Å². The fourth-order valence-electron chi connectivity index (χ4n) is 2.83. The smallest absolute Gasteiger partial charge is 0.348 e. The molecule has 6 nitrogen and oxygen atoms in total. The third kappa shape index (κ3) is 4.60. The van der Waals surface area contributed by atoms with Crippen molar-refractivity contribution >= 4 is 37.8 Å². The molecule has 0 radical (unpaired) electrons. The van der Waals surface area contributed by atoms with E-state index in [-0.39, 0.29) is 25.9 Å². The van der Waals surface area contributed by atoms with Crippen LogP contribution in [0.5, 0.6) is 0 Å². The third-order valence-electron chi connectivity index (χ3n) is 4.11. The molecule has 0 aliphatic heterocycles. The first-order valence-corrected chi connectivity index (χ1v) is 11.5. The molecule has 3 rings (SSSR count). The number of imidazole rings is 1. The number of aromatic amines is 1. The van der Waals surface area contributed by atoms with Gasteiger partial charge in [-0.15, -0.1) is 11.3 Å². The lowest BCUT2D eigenvalue weighted by molar-refractivity contribution is -0.141. The standard InChI is InChI=1S/C17H16ClF4N5OS2/c1-7-15(30(3,23)28)27-14(24-7)12(9-4-5-11(19)10(18)6-9)25-16-26-13(8(2)29-16)17(20,21)22/h4-6,12,23H,1-3H3,(H,24,27)(H,25,26). The van der Waals surface area contributed by atoms with Gasteiger partial charge in [0.2, 0.25) is 0 Å². The van der Waals surface area contributed by atoms with Crippen LogP contribution in [0.2, 0.25) is 5.02 Å². The molecule has 162 valence electrons. The molecule has 0 amide bonds. The van der Waals surface area contributed by atoms with Crippen molar-refractivity contribution in [2.45, 2.75) is 31.1 Å². The first-order chi connectivity index (χ1) is 13.8. The Balaban J connectivity index is 2.11. The van der Waals surface area contributed by atoms with Crippen molar-refractivity contribution in [3.63, 3.8) is 0 Å². The van der Waals surface area contributed by atoms with Gasteiger partial charge < -0.3 is 10.3 Å². The molecule has 0 bridgehead atoms. The van der Waals surface area contributed by atoms with Crippen LogP contribution in [0.1, 0.15) is 33.7 Å². The highest BCUT2D eigenvalue weighted by atomic mass is 35.5. The largest absolute Gasteiger partial charge is 0.434 e. The number of thiazole rings is 1. The summed E-state index contributed by atoms with van der Waals surface area (Å²) < 4.78 is 72.9. The van der Waals surface area contributed by atoms with E-state index >= 15 is 0 Å². The molecule has 13 heteroatoms. The number of nitrogens with zero attached hydrogens (tertiary/aromatic N) is 2. The van der Waals surface area contributed by atoms with Gasteiger partial charge in [-0.2, -0.15) is 13.2 Å². The van der Waals surface area contributed by atoms with Crippen molar-refractivity contribution in [1.82, 2.24) is 15.0 Å². The van der Waals surface area contributed by atoms with Gasteiger partial charge in [0.1, 0.15) is 17.7 Å². The minimum atomic E-state index is -4.61. The lowest BCUT2D eigenvalue weighted by Gasteiger charge is -2.17. The van der Waals surface area contributed by atoms with Gasteiger partial charge in [-0.3, -0.25) is 0 Å². The predicted molar refractivity (Wildman–Crippen MR) is 107 cm³/mol. The van der Waals surface area contributed by atoms with Gasteiger partial charge in [0, 0.05) is 16.8 Å². The average Bonchev–Trinajstić information content (AvgIpc) is 3.17. The molecule has 2 heterocycles. The molecule has 2 atom stereocenters. The molecular formula is C17H16ClF4N5OS2. The number of benzene rings is 1. The zero-order valence-electron chi connectivity index (χ0n) is 15.8. The van der Waals surface area contributed by atoms with E-state index in [1.807, 2.05) is 0 Å². The van der Waals surface area contributed by atoms with E-state index in [0.29, 0.717) is 11.3 Å². The van der Waals surface area contributed by atoms with Crippen molar-refractivity contribution in [3.8, 4) is 0 Å². The molecule has 0 fully saturated rings. The van der Waals surface area contributed by atoms with E-state index in [4.69, 9.17) is 16.4 Å².